The molecule has 1 saturated heterocycles. The summed E-state index contributed by atoms with van der Waals surface area (Å²) in [6.07, 6.45) is 1.13. The third kappa shape index (κ3) is 4.72. The van der Waals surface area contributed by atoms with Gasteiger partial charge in [-0.2, -0.15) is 0 Å². The lowest BCUT2D eigenvalue weighted by Crippen LogP contribution is -2.48. The van der Waals surface area contributed by atoms with Crippen LogP contribution in [0.4, 0.5) is 5.69 Å². The molecular weight excluding hydrogens is 260 g/mol. The number of hydrogen-bond donors (Lipinski definition) is 1. The van der Waals surface area contributed by atoms with E-state index in [1.807, 2.05) is 0 Å². The largest absolute Gasteiger partial charge is 0.381 e. The van der Waals surface area contributed by atoms with Crippen LogP contribution in [0.25, 0.3) is 0 Å². The fourth-order valence-electron chi connectivity index (χ4n) is 2.82. The van der Waals surface area contributed by atoms with Gasteiger partial charge in [-0.1, -0.05) is 17.7 Å². The molecule has 0 saturated carbocycles. The van der Waals surface area contributed by atoms with E-state index in [0.717, 1.165) is 32.7 Å². The van der Waals surface area contributed by atoms with Crippen LogP contribution in [0.15, 0.2) is 24.3 Å². The van der Waals surface area contributed by atoms with Gasteiger partial charge in [0.25, 0.3) is 0 Å². The van der Waals surface area contributed by atoms with Crippen molar-refractivity contribution in [2.45, 2.75) is 39.7 Å². The van der Waals surface area contributed by atoms with Crippen molar-refractivity contribution in [2.75, 3.05) is 38.3 Å². The molecule has 0 aromatic heterocycles. The maximum Gasteiger partial charge on any atom is 0.0552 e. The van der Waals surface area contributed by atoms with E-state index in [4.69, 9.17) is 4.74 Å². The van der Waals surface area contributed by atoms with Gasteiger partial charge in [0.2, 0.25) is 0 Å². The Bertz CT molecular complexity index is 441. The molecule has 1 atom stereocenters. The fourth-order valence-corrected chi connectivity index (χ4v) is 2.82. The Morgan fingerprint density at radius 3 is 2.43 bits per heavy atom. The second-order valence-electron chi connectivity index (χ2n) is 7.60. The molecule has 0 radical (unpaired) electrons. The molecule has 1 unspecified atom stereocenters. The molecule has 2 rings (SSSR count). The first-order valence-electron chi connectivity index (χ1n) is 7.90. The first-order valence-corrected chi connectivity index (χ1v) is 7.90. The van der Waals surface area contributed by atoms with Gasteiger partial charge in [0.1, 0.15) is 0 Å². The molecule has 0 aliphatic carbocycles. The summed E-state index contributed by atoms with van der Waals surface area (Å²) in [7, 11) is 2.18. The van der Waals surface area contributed by atoms with Gasteiger partial charge < -0.3 is 15.0 Å². The zero-order valence-electron chi connectivity index (χ0n) is 14.2. The van der Waals surface area contributed by atoms with Crippen LogP contribution in [-0.2, 0) is 4.74 Å². The van der Waals surface area contributed by atoms with E-state index >= 15 is 0 Å². The minimum absolute atomic E-state index is 0.151. The van der Waals surface area contributed by atoms with Gasteiger partial charge in [0.15, 0.2) is 0 Å². The summed E-state index contributed by atoms with van der Waals surface area (Å²) in [5.41, 5.74) is 2.95. The Morgan fingerprint density at radius 1 is 1.24 bits per heavy atom. The zero-order chi connectivity index (χ0) is 15.5. The topological polar surface area (TPSA) is 24.5 Å². The fraction of sp³-hybridized carbons (Fsp3) is 0.667. The van der Waals surface area contributed by atoms with Gasteiger partial charge in [-0.05, 0) is 46.2 Å². The first kappa shape index (κ1) is 16.3. The summed E-state index contributed by atoms with van der Waals surface area (Å²) in [4.78, 5) is 2.36. The van der Waals surface area contributed by atoms with Crippen LogP contribution in [0.1, 0.15) is 32.8 Å². The molecule has 1 aliphatic heterocycles. The highest BCUT2D eigenvalue weighted by atomic mass is 16.5. The van der Waals surface area contributed by atoms with Crippen LogP contribution >= 0.6 is 0 Å². The monoisotopic (exact) mass is 290 g/mol. The van der Waals surface area contributed by atoms with E-state index < -0.39 is 0 Å². The predicted octanol–water partition coefficient (Wildman–Crippen LogP) is 3.23. The Balaban J connectivity index is 2.03. The lowest BCUT2D eigenvalue weighted by molar-refractivity contribution is 0.147. The van der Waals surface area contributed by atoms with Gasteiger partial charge in [-0.15, -0.1) is 0 Å². The number of hydrogen-bond acceptors (Lipinski definition) is 3. The number of rotatable bonds is 5. The van der Waals surface area contributed by atoms with Crippen molar-refractivity contribution in [3.05, 3.63) is 29.8 Å². The summed E-state index contributed by atoms with van der Waals surface area (Å²) in [6.45, 7) is 12.6. The Labute approximate surface area is 129 Å². The summed E-state index contributed by atoms with van der Waals surface area (Å²) in [6, 6.07) is 8.76. The molecule has 3 nitrogen and oxygen atoms in total. The van der Waals surface area contributed by atoms with E-state index in [1.54, 1.807) is 0 Å². The third-order valence-corrected chi connectivity index (χ3v) is 4.23. The Hall–Kier alpha value is -1.06. The molecule has 1 aliphatic rings. The number of aryl methyl sites for hydroxylation is 1. The van der Waals surface area contributed by atoms with E-state index in [0.29, 0.717) is 0 Å². The van der Waals surface area contributed by atoms with E-state index in [2.05, 4.69) is 69.2 Å². The number of anilines is 1. The van der Waals surface area contributed by atoms with Crippen molar-refractivity contribution in [1.82, 2.24) is 5.32 Å². The average Bonchev–Trinajstić information content (AvgIpc) is 2.85. The summed E-state index contributed by atoms with van der Waals surface area (Å²) < 4.78 is 5.71. The second-order valence-corrected chi connectivity index (χ2v) is 7.60. The number of nitrogens with zero attached hydrogens (tertiary/aromatic N) is 1. The molecule has 0 amide bonds. The third-order valence-electron chi connectivity index (χ3n) is 4.23. The van der Waals surface area contributed by atoms with Crippen LogP contribution in [0.2, 0.25) is 0 Å². The number of benzene rings is 1. The quantitative estimate of drug-likeness (QED) is 0.901. The van der Waals surface area contributed by atoms with E-state index in [9.17, 15) is 0 Å². The molecule has 1 fully saturated rings. The summed E-state index contributed by atoms with van der Waals surface area (Å²) in [5, 5.41) is 3.66. The molecule has 1 aromatic carbocycles. The number of nitrogens with one attached hydrogen (secondary N) is 1. The molecule has 3 heteroatoms. The van der Waals surface area contributed by atoms with Crippen LogP contribution in [0.5, 0.6) is 0 Å². The molecule has 0 spiro atoms. The lowest BCUT2D eigenvalue weighted by Gasteiger charge is -2.36. The zero-order valence-corrected chi connectivity index (χ0v) is 14.2. The van der Waals surface area contributed by atoms with Crippen LogP contribution in [-0.4, -0.2) is 38.9 Å². The van der Waals surface area contributed by atoms with Gasteiger partial charge in [-0.25, -0.2) is 0 Å². The summed E-state index contributed by atoms with van der Waals surface area (Å²) >= 11 is 0. The highest BCUT2D eigenvalue weighted by Crippen LogP contribution is 2.31. The normalized spacial score (nSPS) is 22.5. The highest BCUT2D eigenvalue weighted by molar-refractivity contribution is 5.47. The minimum atomic E-state index is 0.151. The standard InChI is InChI=1S/C18H30N2O/c1-15-6-8-16(9-7-15)20(5)13-18(10-11-21-14-18)12-19-17(2,3)4/h6-9,19H,10-14H2,1-5H3. The first-order chi connectivity index (χ1) is 9.80. The molecule has 0 bridgehead atoms. The average molecular weight is 290 g/mol. The second kappa shape index (κ2) is 6.37. The molecule has 1 aromatic rings. The molecular formula is C18H30N2O. The van der Waals surface area contributed by atoms with Crippen molar-refractivity contribution >= 4 is 5.69 Å². The maximum atomic E-state index is 5.71. The molecule has 1 heterocycles. The Kier molecular flexibility index (Phi) is 4.95. The summed E-state index contributed by atoms with van der Waals surface area (Å²) in [5.74, 6) is 0. The van der Waals surface area contributed by atoms with Gasteiger partial charge in [-0.3, -0.25) is 0 Å². The smallest absolute Gasteiger partial charge is 0.0552 e. The SMILES string of the molecule is Cc1ccc(N(C)CC2(CNC(C)(C)C)CCOC2)cc1. The predicted molar refractivity (Wildman–Crippen MR) is 90.1 cm³/mol. The minimum Gasteiger partial charge on any atom is -0.381 e. The van der Waals surface area contributed by atoms with Gasteiger partial charge >= 0.3 is 0 Å². The lowest BCUT2D eigenvalue weighted by atomic mass is 9.85. The Morgan fingerprint density at radius 2 is 1.90 bits per heavy atom. The molecule has 118 valence electrons. The molecule has 1 N–H and O–H groups in total. The van der Waals surface area contributed by atoms with E-state index in [1.165, 1.54) is 11.3 Å². The van der Waals surface area contributed by atoms with Gasteiger partial charge in [0.05, 0.1) is 6.61 Å². The van der Waals surface area contributed by atoms with Crippen molar-refractivity contribution in [2.24, 2.45) is 5.41 Å². The highest BCUT2D eigenvalue weighted by Gasteiger charge is 2.36. The van der Waals surface area contributed by atoms with Crippen LogP contribution < -0.4 is 10.2 Å². The van der Waals surface area contributed by atoms with Crippen LogP contribution in [0, 0.1) is 12.3 Å². The van der Waals surface area contributed by atoms with Crippen molar-refractivity contribution in [3.8, 4) is 0 Å². The van der Waals surface area contributed by atoms with Crippen molar-refractivity contribution in [1.29, 1.82) is 0 Å². The molecule has 21 heavy (non-hydrogen) atoms. The van der Waals surface area contributed by atoms with Crippen molar-refractivity contribution < 1.29 is 4.74 Å². The van der Waals surface area contributed by atoms with Gasteiger partial charge in [0, 0.05) is 43.4 Å². The maximum absolute atomic E-state index is 5.71. The van der Waals surface area contributed by atoms with Crippen molar-refractivity contribution in [3.63, 3.8) is 0 Å². The van der Waals surface area contributed by atoms with Crippen LogP contribution in [0.3, 0.4) is 0 Å². The van der Waals surface area contributed by atoms with E-state index in [-0.39, 0.29) is 11.0 Å². The number of ether oxygens (including phenoxy) is 1.